The third kappa shape index (κ3) is 4.55. The molecule has 0 bridgehead atoms. The average Bonchev–Trinajstić information content (AvgIpc) is 3.75. The second-order valence-electron chi connectivity index (χ2n) is 16.8. The highest BCUT2D eigenvalue weighted by Crippen LogP contribution is 2.60. The van der Waals surface area contributed by atoms with Gasteiger partial charge >= 0.3 is 0 Å². The molecule has 7 heteroatoms. The summed E-state index contributed by atoms with van der Waals surface area (Å²) in [5.74, 6) is 2.38. The lowest BCUT2D eigenvalue weighted by molar-refractivity contribution is -0.649. The minimum atomic E-state index is -0.636. The van der Waals surface area contributed by atoms with E-state index >= 15 is 0 Å². The summed E-state index contributed by atoms with van der Waals surface area (Å²) in [4.78, 5) is 9.18. The van der Waals surface area contributed by atoms with Crippen LogP contribution in [0.25, 0.3) is 44.3 Å². The minimum Gasteiger partial charge on any atom is -0.458 e. The van der Waals surface area contributed by atoms with Gasteiger partial charge < -0.3 is 23.7 Å². The first-order chi connectivity index (χ1) is 28.1. The molecular formula is C51H44N6O. The predicted octanol–water partition coefficient (Wildman–Crippen LogP) is 10.0. The first kappa shape index (κ1) is 34.4. The zero-order valence-electron chi connectivity index (χ0n) is 33.9. The number of benzene rings is 6. The highest BCUT2D eigenvalue weighted by molar-refractivity contribution is 6.09. The standard InChI is InChI=1S/C51H44N6O/c1-50(2)38-23-18-32(53(3)4)27-42(38)51(43-28-33(54(5)6)19-24-39(43)50)40-25-21-35(30-47(40)56-31-55(7)45-16-12-14-41(51)49(45)56)58-34-20-22-37-36-13-8-9-15-44(36)57(46(37)29-34)48-17-10-11-26-52-48/h8-30H,1-7H3. The van der Waals surface area contributed by atoms with Gasteiger partial charge in [0.25, 0.3) is 0 Å². The average molecular weight is 757 g/mol. The largest absolute Gasteiger partial charge is 0.458 e. The maximum absolute atomic E-state index is 6.90. The summed E-state index contributed by atoms with van der Waals surface area (Å²) >= 11 is 0. The highest BCUT2D eigenvalue weighted by Gasteiger charge is 2.52. The number of aromatic nitrogens is 4. The summed E-state index contributed by atoms with van der Waals surface area (Å²) in [6.45, 7) is 4.76. The number of nitrogens with zero attached hydrogens (tertiary/aromatic N) is 6. The van der Waals surface area contributed by atoms with Gasteiger partial charge in [-0.25, -0.2) is 4.98 Å². The Morgan fingerprint density at radius 1 is 0.603 bits per heavy atom. The Labute approximate surface area is 338 Å². The van der Waals surface area contributed by atoms with Crippen LogP contribution in [0.1, 0.15) is 47.2 Å². The minimum absolute atomic E-state index is 0.241. The zero-order valence-corrected chi connectivity index (χ0v) is 33.9. The molecule has 3 aromatic heterocycles. The van der Waals surface area contributed by atoms with Gasteiger partial charge in [0.15, 0.2) is 0 Å². The van der Waals surface area contributed by atoms with Gasteiger partial charge in [-0.3, -0.25) is 4.57 Å². The van der Waals surface area contributed by atoms with Crippen molar-refractivity contribution in [2.45, 2.75) is 24.7 Å². The van der Waals surface area contributed by atoms with E-state index in [1.54, 1.807) is 0 Å². The molecule has 2 aliphatic rings. The molecule has 4 heterocycles. The molecule has 1 spiro atoms. The molecule has 0 radical (unpaired) electrons. The topological polar surface area (TPSA) is 42.3 Å². The number of para-hydroxylation sites is 2. The molecule has 284 valence electrons. The van der Waals surface area contributed by atoms with Crippen LogP contribution in [0.2, 0.25) is 0 Å². The van der Waals surface area contributed by atoms with E-state index in [9.17, 15) is 0 Å². The number of hydrogen-bond acceptors (Lipinski definition) is 4. The second-order valence-corrected chi connectivity index (χ2v) is 16.8. The summed E-state index contributed by atoms with van der Waals surface area (Å²) in [7, 11) is 10.6. The van der Waals surface area contributed by atoms with Crippen LogP contribution in [0, 0.1) is 6.33 Å². The van der Waals surface area contributed by atoms with Crippen molar-refractivity contribution in [1.82, 2.24) is 14.1 Å². The van der Waals surface area contributed by atoms with Crippen molar-refractivity contribution in [2.24, 2.45) is 7.05 Å². The molecule has 11 rings (SSSR count). The van der Waals surface area contributed by atoms with Crippen molar-refractivity contribution in [3.63, 3.8) is 0 Å². The molecule has 6 aromatic carbocycles. The maximum atomic E-state index is 6.90. The molecule has 1 aliphatic carbocycles. The van der Waals surface area contributed by atoms with Crippen LogP contribution in [-0.4, -0.2) is 42.3 Å². The fourth-order valence-corrected chi connectivity index (χ4v) is 10.1. The molecule has 0 fully saturated rings. The Morgan fingerprint density at radius 3 is 1.97 bits per heavy atom. The van der Waals surface area contributed by atoms with Crippen LogP contribution in [0.3, 0.4) is 0 Å². The quantitative estimate of drug-likeness (QED) is 0.130. The molecule has 58 heavy (non-hydrogen) atoms. The molecular weight excluding hydrogens is 713 g/mol. The fraction of sp³-hybridized carbons (Fsp3) is 0.176. The molecule has 1 aliphatic heterocycles. The number of aryl methyl sites for hydroxylation is 1. The summed E-state index contributed by atoms with van der Waals surface area (Å²) in [6, 6.07) is 48.5. The van der Waals surface area contributed by atoms with E-state index in [0.29, 0.717) is 0 Å². The van der Waals surface area contributed by atoms with Crippen LogP contribution >= 0.6 is 0 Å². The third-order valence-corrected chi connectivity index (χ3v) is 12.8. The van der Waals surface area contributed by atoms with Gasteiger partial charge in [-0.2, -0.15) is 0 Å². The lowest BCUT2D eigenvalue weighted by atomic mass is 9.53. The van der Waals surface area contributed by atoms with Gasteiger partial charge in [0.2, 0.25) is 6.33 Å². The number of fused-ring (bicyclic) bond motifs is 11. The summed E-state index contributed by atoms with van der Waals surface area (Å²) in [5.41, 5.74) is 14.7. The SMILES string of the molecule is CN(C)c1ccc2c(c1)C1(c3ccc(Oc4ccc5c6ccccc6n(-c6ccccn6)c5c4)cc3-n3[c-][n+](C)c4cccc1c43)c1cc(N(C)C)ccc1C2(C)C. The van der Waals surface area contributed by atoms with E-state index in [2.05, 4.69) is 200 Å². The van der Waals surface area contributed by atoms with Crippen molar-refractivity contribution in [3.05, 3.63) is 179 Å². The monoisotopic (exact) mass is 756 g/mol. The van der Waals surface area contributed by atoms with E-state index in [1.807, 2.05) is 18.3 Å². The Kier molecular flexibility index (Phi) is 7.16. The zero-order chi connectivity index (χ0) is 39.7. The van der Waals surface area contributed by atoms with E-state index < -0.39 is 5.41 Å². The Hall–Kier alpha value is -6.86. The molecule has 9 aromatic rings. The van der Waals surface area contributed by atoms with Gasteiger partial charge in [-0.1, -0.05) is 74.5 Å². The number of imidazole rings is 1. The Bertz CT molecular complexity index is 3090. The molecule has 7 nitrogen and oxygen atoms in total. The van der Waals surface area contributed by atoms with Crippen LogP contribution < -0.4 is 19.1 Å². The first-order valence-electron chi connectivity index (χ1n) is 19.9. The van der Waals surface area contributed by atoms with Crippen molar-refractivity contribution in [2.75, 3.05) is 38.0 Å². The molecule has 0 atom stereocenters. The lowest BCUT2D eigenvalue weighted by Crippen LogP contribution is -2.44. The van der Waals surface area contributed by atoms with E-state index in [1.165, 1.54) is 50.1 Å². The number of pyridine rings is 1. The van der Waals surface area contributed by atoms with Crippen molar-refractivity contribution in [1.29, 1.82) is 0 Å². The van der Waals surface area contributed by atoms with Crippen molar-refractivity contribution in [3.8, 4) is 23.0 Å². The van der Waals surface area contributed by atoms with Crippen LogP contribution in [-0.2, 0) is 17.9 Å². The van der Waals surface area contributed by atoms with E-state index in [4.69, 9.17) is 9.72 Å². The van der Waals surface area contributed by atoms with E-state index in [-0.39, 0.29) is 5.41 Å². The number of rotatable bonds is 5. The Balaban J connectivity index is 1.18. The first-order valence-corrected chi connectivity index (χ1v) is 19.9. The summed E-state index contributed by atoms with van der Waals surface area (Å²) < 4.78 is 13.5. The normalized spacial score (nSPS) is 14.4. The lowest BCUT2D eigenvalue weighted by Gasteiger charge is -2.51. The van der Waals surface area contributed by atoms with Gasteiger partial charge in [0, 0.05) is 68.0 Å². The maximum Gasteiger partial charge on any atom is 0.244 e. The second kappa shape index (κ2) is 12.1. The molecule has 0 amide bonds. The smallest absolute Gasteiger partial charge is 0.244 e. The van der Waals surface area contributed by atoms with Gasteiger partial charge in [-0.15, -0.1) is 0 Å². The van der Waals surface area contributed by atoms with E-state index in [0.717, 1.165) is 50.5 Å². The number of hydrogen-bond donors (Lipinski definition) is 0. The number of anilines is 2. The van der Waals surface area contributed by atoms with Crippen molar-refractivity contribution < 1.29 is 9.30 Å². The van der Waals surface area contributed by atoms with Crippen LogP contribution in [0.15, 0.2) is 140 Å². The molecule has 0 saturated carbocycles. The van der Waals surface area contributed by atoms with Crippen LogP contribution in [0.5, 0.6) is 11.5 Å². The fourth-order valence-electron chi connectivity index (χ4n) is 10.1. The molecule has 0 unspecified atom stereocenters. The van der Waals surface area contributed by atoms with Crippen LogP contribution in [0.4, 0.5) is 11.4 Å². The van der Waals surface area contributed by atoms with Gasteiger partial charge in [-0.05, 0) is 100 Å². The predicted molar refractivity (Wildman–Crippen MR) is 235 cm³/mol. The molecule has 0 saturated heterocycles. The van der Waals surface area contributed by atoms with Gasteiger partial charge in [0.05, 0.1) is 40.2 Å². The summed E-state index contributed by atoms with van der Waals surface area (Å²) in [5, 5.41) is 2.33. The number of ether oxygens (including phenoxy) is 1. The van der Waals surface area contributed by atoms with Crippen molar-refractivity contribution >= 4 is 44.2 Å². The van der Waals surface area contributed by atoms with Gasteiger partial charge in [0.1, 0.15) is 17.3 Å². The molecule has 0 N–H and O–H groups in total. The highest BCUT2D eigenvalue weighted by atomic mass is 16.5. The third-order valence-electron chi connectivity index (χ3n) is 12.8. The summed E-state index contributed by atoms with van der Waals surface area (Å²) in [6.07, 6.45) is 5.55. The Morgan fingerprint density at radius 2 is 1.26 bits per heavy atom.